The summed E-state index contributed by atoms with van der Waals surface area (Å²) in [5.74, 6) is 1.66. The highest BCUT2D eigenvalue weighted by Gasteiger charge is 2.24. The molecule has 0 bridgehead atoms. The molecule has 0 spiro atoms. The fourth-order valence-electron chi connectivity index (χ4n) is 4.46. The Hall–Kier alpha value is -2.29. The number of ether oxygens (including phenoxy) is 2. The summed E-state index contributed by atoms with van der Waals surface area (Å²) >= 11 is 0. The van der Waals surface area contributed by atoms with Gasteiger partial charge in [0, 0.05) is 31.7 Å². The summed E-state index contributed by atoms with van der Waals surface area (Å²) < 4.78 is 15.2. The van der Waals surface area contributed by atoms with Gasteiger partial charge >= 0.3 is 0 Å². The van der Waals surface area contributed by atoms with E-state index in [-0.39, 0.29) is 24.8 Å². The van der Waals surface area contributed by atoms with Crippen molar-refractivity contribution in [3.05, 3.63) is 54.2 Å². The summed E-state index contributed by atoms with van der Waals surface area (Å²) in [4.78, 5) is 7.47. The van der Waals surface area contributed by atoms with Crippen molar-refractivity contribution in [3.63, 3.8) is 0 Å². The maximum absolute atomic E-state index is 10.7. The Morgan fingerprint density at radius 3 is 2.30 bits per heavy atom. The highest BCUT2D eigenvalue weighted by atomic mass is 35.5. The van der Waals surface area contributed by atoms with Crippen molar-refractivity contribution in [1.82, 2.24) is 18.9 Å². The summed E-state index contributed by atoms with van der Waals surface area (Å²) in [5.41, 5.74) is 4.76. The highest BCUT2D eigenvalue weighted by Crippen LogP contribution is 2.34. The molecule has 0 radical (unpaired) electrons. The lowest BCUT2D eigenvalue weighted by Crippen LogP contribution is -2.38. The molecular weight excluding hydrogens is 463 g/mol. The van der Waals surface area contributed by atoms with Crippen molar-refractivity contribution in [1.29, 1.82) is 0 Å². The Balaban J connectivity index is 0.00000153. The SMILES string of the molecule is COc1ccc(-c2nc3n(CCN4CCOCC4)c4ccccc4n3c2C(C)O)cc1.Cl.Cl. The fraction of sp³-hybridized carbons (Fsp3) is 0.375. The number of methoxy groups -OCH3 is 1. The van der Waals surface area contributed by atoms with E-state index in [1.165, 1.54) is 0 Å². The van der Waals surface area contributed by atoms with E-state index in [2.05, 4.69) is 32.1 Å². The van der Waals surface area contributed by atoms with E-state index in [0.717, 1.165) is 78.9 Å². The van der Waals surface area contributed by atoms with Gasteiger partial charge in [0.1, 0.15) is 5.75 Å². The zero-order valence-corrected chi connectivity index (χ0v) is 20.4. The predicted octanol–water partition coefficient (Wildman–Crippen LogP) is 4.19. The van der Waals surface area contributed by atoms with Gasteiger partial charge in [-0.25, -0.2) is 4.98 Å². The molecule has 3 heterocycles. The van der Waals surface area contributed by atoms with E-state index in [1.54, 1.807) is 14.0 Å². The van der Waals surface area contributed by atoms with Crippen molar-refractivity contribution < 1.29 is 14.6 Å². The van der Waals surface area contributed by atoms with Crippen LogP contribution in [0, 0.1) is 0 Å². The quantitative estimate of drug-likeness (QED) is 0.437. The van der Waals surface area contributed by atoms with Crippen LogP contribution in [-0.2, 0) is 11.3 Å². The molecule has 5 rings (SSSR count). The molecule has 1 N–H and O–H groups in total. The number of imidazole rings is 2. The van der Waals surface area contributed by atoms with E-state index in [4.69, 9.17) is 14.5 Å². The summed E-state index contributed by atoms with van der Waals surface area (Å²) in [6.07, 6.45) is -0.661. The molecule has 7 nitrogen and oxygen atoms in total. The molecule has 0 aliphatic carbocycles. The Labute approximate surface area is 205 Å². The number of halogens is 2. The molecule has 1 atom stereocenters. The van der Waals surface area contributed by atoms with Crippen LogP contribution in [0.25, 0.3) is 28.1 Å². The lowest BCUT2D eigenvalue weighted by Gasteiger charge is -2.26. The number of aliphatic hydroxyl groups excluding tert-OH is 1. The van der Waals surface area contributed by atoms with E-state index in [9.17, 15) is 5.11 Å². The van der Waals surface area contributed by atoms with Gasteiger partial charge in [0.25, 0.3) is 0 Å². The minimum Gasteiger partial charge on any atom is -0.497 e. The number of rotatable bonds is 6. The first-order valence-electron chi connectivity index (χ1n) is 10.8. The average molecular weight is 493 g/mol. The van der Waals surface area contributed by atoms with Crippen LogP contribution < -0.4 is 4.74 Å². The molecule has 1 fully saturated rings. The lowest BCUT2D eigenvalue weighted by molar-refractivity contribution is 0.0366. The van der Waals surface area contributed by atoms with E-state index < -0.39 is 6.10 Å². The molecular formula is C24H30Cl2N4O3. The van der Waals surface area contributed by atoms with E-state index >= 15 is 0 Å². The van der Waals surface area contributed by atoms with Crippen LogP contribution in [0.2, 0.25) is 0 Å². The number of hydrogen-bond acceptors (Lipinski definition) is 5. The van der Waals surface area contributed by atoms with Crippen LogP contribution in [0.1, 0.15) is 18.7 Å². The smallest absolute Gasteiger partial charge is 0.215 e. The first-order valence-corrected chi connectivity index (χ1v) is 10.8. The van der Waals surface area contributed by atoms with Crippen molar-refractivity contribution >= 4 is 41.6 Å². The zero-order chi connectivity index (χ0) is 21.4. The average Bonchev–Trinajstić information content (AvgIpc) is 3.34. The Kier molecular flexibility index (Phi) is 8.26. The number of aliphatic hydroxyl groups is 1. The third kappa shape index (κ3) is 4.69. The summed E-state index contributed by atoms with van der Waals surface area (Å²) in [5, 5.41) is 10.7. The van der Waals surface area contributed by atoms with Crippen molar-refractivity contribution in [2.75, 3.05) is 40.0 Å². The van der Waals surface area contributed by atoms with Crippen LogP contribution in [0.4, 0.5) is 0 Å². The standard InChI is InChI=1S/C24H28N4O3.2ClH/c1-17(29)23-22(18-7-9-19(30-2)10-8-18)25-24-27(12-11-26-13-15-31-16-14-26)20-5-3-4-6-21(20)28(23)24;;/h3-10,17,29H,11-16H2,1-2H3;2*1H. The number of morpholine rings is 1. The molecule has 178 valence electrons. The molecule has 1 unspecified atom stereocenters. The lowest BCUT2D eigenvalue weighted by atomic mass is 10.1. The molecule has 0 amide bonds. The Morgan fingerprint density at radius 1 is 1.00 bits per heavy atom. The van der Waals surface area contributed by atoms with Gasteiger partial charge in [-0.15, -0.1) is 24.8 Å². The minimum absolute atomic E-state index is 0. The van der Waals surface area contributed by atoms with Gasteiger partial charge in [-0.2, -0.15) is 0 Å². The molecule has 4 aromatic rings. The number of aromatic nitrogens is 3. The minimum atomic E-state index is -0.661. The van der Waals surface area contributed by atoms with Gasteiger partial charge in [0.05, 0.1) is 48.8 Å². The predicted molar refractivity (Wildman–Crippen MR) is 135 cm³/mol. The molecule has 1 aliphatic rings. The molecule has 1 aliphatic heterocycles. The van der Waals surface area contributed by atoms with Crippen molar-refractivity contribution in [3.8, 4) is 17.0 Å². The third-order valence-electron chi connectivity index (χ3n) is 6.05. The van der Waals surface area contributed by atoms with E-state index in [1.807, 2.05) is 30.3 Å². The summed E-state index contributed by atoms with van der Waals surface area (Å²) in [6, 6.07) is 16.2. The number of nitrogens with zero attached hydrogens (tertiary/aromatic N) is 4. The van der Waals surface area contributed by atoms with Gasteiger partial charge in [-0.1, -0.05) is 12.1 Å². The molecule has 1 saturated heterocycles. The number of fused-ring (bicyclic) bond motifs is 3. The third-order valence-corrected chi connectivity index (χ3v) is 6.05. The first kappa shape index (κ1) is 25.3. The second-order valence-electron chi connectivity index (χ2n) is 7.98. The molecule has 33 heavy (non-hydrogen) atoms. The molecule has 2 aromatic carbocycles. The van der Waals surface area contributed by atoms with E-state index in [0.29, 0.717) is 0 Å². The second-order valence-corrected chi connectivity index (χ2v) is 7.98. The maximum Gasteiger partial charge on any atom is 0.215 e. The fourth-order valence-corrected chi connectivity index (χ4v) is 4.46. The first-order chi connectivity index (χ1) is 15.2. The van der Waals surface area contributed by atoms with Gasteiger partial charge in [0.15, 0.2) is 0 Å². The largest absolute Gasteiger partial charge is 0.497 e. The summed E-state index contributed by atoms with van der Waals surface area (Å²) in [7, 11) is 1.66. The van der Waals surface area contributed by atoms with Gasteiger partial charge < -0.3 is 19.1 Å². The Morgan fingerprint density at radius 2 is 1.67 bits per heavy atom. The van der Waals surface area contributed by atoms with Crippen molar-refractivity contribution in [2.45, 2.75) is 19.6 Å². The van der Waals surface area contributed by atoms with Crippen LogP contribution in [-0.4, -0.2) is 63.9 Å². The number of hydrogen-bond donors (Lipinski definition) is 1. The second kappa shape index (κ2) is 10.8. The van der Waals surface area contributed by atoms with Gasteiger partial charge in [0.2, 0.25) is 5.78 Å². The highest BCUT2D eigenvalue weighted by molar-refractivity contribution is 5.86. The van der Waals surface area contributed by atoms with Crippen LogP contribution in [0.3, 0.4) is 0 Å². The maximum atomic E-state index is 10.7. The molecule has 9 heteroatoms. The van der Waals surface area contributed by atoms with Crippen LogP contribution in [0.15, 0.2) is 48.5 Å². The normalized spacial score (nSPS) is 15.2. The molecule has 0 saturated carbocycles. The van der Waals surface area contributed by atoms with Gasteiger partial charge in [-0.3, -0.25) is 9.30 Å². The topological polar surface area (TPSA) is 64.2 Å². The van der Waals surface area contributed by atoms with Crippen LogP contribution >= 0.6 is 24.8 Å². The number of benzene rings is 2. The van der Waals surface area contributed by atoms with Gasteiger partial charge in [-0.05, 0) is 43.3 Å². The Bertz CT molecular complexity index is 1200. The zero-order valence-electron chi connectivity index (χ0n) is 18.8. The number of para-hydroxylation sites is 2. The van der Waals surface area contributed by atoms with Crippen molar-refractivity contribution in [2.24, 2.45) is 0 Å². The molecule has 2 aromatic heterocycles. The monoisotopic (exact) mass is 492 g/mol. The summed E-state index contributed by atoms with van der Waals surface area (Å²) in [6.45, 7) is 7.07. The van der Waals surface area contributed by atoms with Crippen LogP contribution in [0.5, 0.6) is 5.75 Å².